The van der Waals surface area contributed by atoms with Crippen molar-refractivity contribution in [3.05, 3.63) is 29.6 Å². The van der Waals surface area contributed by atoms with Gasteiger partial charge in [-0.3, -0.25) is 4.90 Å². The Morgan fingerprint density at radius 1 is 1.19 bits per heavy atom. The Bertz CT molecular complexity index is 525. The number of anilines is 1. The molecular formula is C13H14F4N2O2. The van der Waals surface area contributed by atoms with Gasteiger partial charge in [0.1, 0.15) is 5.82 Å². The first-order valence-corrected chi connectivity index (χ1v) is 6.33. The Balaban J connectivity index is 2.07. The normalized spacial score (nSPS) is 17.0. The zero-order valence-corrected chi connectivity index (χ0v) is 11.0. The quantitative estimate of drug-likeness (QED) is 0.870. The van der Waals surface area contributed by atoms with Crippen LogP contribution in [0.2, 0.25) is 0 Å². The van der Waals surface area contributed by atoms with Crippen LogP contribution in [-0.2, 0) is 0 Å². The number of aromatic carboxylic acids is 1. The minimum absolute atomic E-state index is 0.177. The van der Waals surface area contributed by atoms with Gasteiger partial charge in [-0.2, -0.15) is 13.2 Å². The summed E-state index contributed by atoms with van der Waals surface area (Å²) in [6.07, 6.45) is -4.25. The molecule has 0 unspecified atom stereocenters. The fourth-order valence-corrected chi connectivity index (χ4v) is 2.36. The van der Waals surface area contributed by atoms with E-state index in [2.05, 4.69) is 0 Å². The van der Waals surface area contributed by atoms with Crippen LogP contribution in [0.5, 0.6) is 0 Å². The lowest BCUT2D eigenvalue weighted by atomic mass is 10.1. The molecule has 1 aliphatic rings. The molecule has 8 heteroatoms. The molecule has 116 valence electrons. The summed E-state index contributed by atoms with van der Waals surface area (Å²) in [5.41, 5.74) is 0.148. The minimum Gasteiger partial charge on any atom is -0.478 e. The number of rotatable bonds is 3. The van der Waals surface area contributed by atoms with E-state index in [4.69, 9.17) is 5.11 Å². The standard InChI is InChI=1S/C13H14F4N2O2/c14-9-1-2-11(10(7-9)12(20)21)19-5-3-18(4-6-19)8-13(15,16)17/h1-2,7H,3-6,8H2,(H,20,21). The highest BCUT2D eigenvalue weighted by molar-refractivity contribution is 5.94. The van der Waals surface area contributed by atoms with Crippen molar-refractivity contribution in [2.45, 2.75) is 6.18 Å². The molecule has 0 bridgehead atoms. The number of benzene rings is 1. The third-order valence-corrected chi connectivity index (χ3v) is 3.30. The summed E-state index contributed by atoms with van der Waals surface area (Å²) in [7, 11) is 0. The lowest BCUT2D eigenvalue weighted by Gasteiger charge is -2.36. The fourth-order valence-electron chi connectivity index (χ4n) is 2.36. The number of piperazine rings is 1. The zero-order valence-electron chi connectivity index (χ0n) is 11.0. The van der Waals surface area contributed by atoms with E-state index in [1.807, 2.05) is 0 Å². The maximum atomic E-state index is 13.1. The smallest absolute Gasteiger partial charge is 0.401 e. The van der Waals surface area contributed by atoms with Crippen LogP contribution < -0.4 is 4.90 Å². The Hall–Kier alpha value is -1.83. The zero-order chi connectivity index (χ0) is 15.6. The van der Waals surface area contributed by atoms with E-state index in [1.54, 1.807) is 4.90 Å². The molecule has 1 aromatic carbocycles. The van der Waals surface area contributed by atoms with Crippen molar-refractivity contribution < 1.29 is 27.5 Å². The highest BCUT2D eigenvalue weighted by Gasteiger charge is 2.32. The van der Waals surface area contributed by atoms with Gasteiger partial charge in [-0.05, 0) is 18.2 Å². The molecule has 2 rings (SSSR count). The first-order chi connectivity index (χ1) is 9.76. The van der Waals surface area contributed by atoms with Gasteiger partial charge in [0.2, 0.25) is 0 Å². The molecule has 0 amide bonds. The number of hydrogen-bond acceptors (Lipinski definition) is 3. The summed E-state index contributed by atoms with van der Waals surface area (Å²) in [6.45, 7) is -0.0913. The van der Waals surface area contributed by atoms with Crippen LogP contribution in [0.25, 0.3) is 0 Å². The third-order valence-electron chi connectivity index (χ3n) is 3.30. The van der Waals surface area contributed by atoms with Crippen molar-refractivity contribution in [2.75, 3.05) is 37.6 Å². The van der Waals surface area contributed by atoms with Gasteiger partial charge in [0.15, 0.2) is 0 Å². The summed E-state index contributed by atoms with van der Waals surface area (Å²) in [6, 6.07) is 3.40. The van der Waals surface area contributed by atoms with Crippen molar-refractivity contribution in [3.63, 3.8) is 0 Å². The average Bonchev–Trinajstić information content (AvgIpc) is 2.38. The van der Waals surface area contributed by atoms with E-state index < -0.39 is 24.5 Å². The summed E-state index contributed by atoms with van der Waals surface area (Å²) >= 11 is 0. The number of hydrogen-bond donors (Lipinski definition) is 1. The number of halogens is 4. The molecule has 1 fully saturated rings. The highest BCUT2D eigenvalue weighted by Crippen LogP contribution is 2.24. The Kier molecular flexibility index (Phi) is 4.36. The number of alkyl halides is 3. The van der Waals surface area contributed by atoms with Crippen LogP contribution in [0.15, 0.2) is 18.2 Å². The fraction of sp³-hybridized carbons (Fsp3) is 0.462. The van der Waals surface area contributed by atoms with Crippen molar-refractivity contribution in [2.24, 2.45) is 0 Å². The first kappa shape index (κ1) is 15.6. The van der Waals surface area contributed by atoms with Gasteiger partial charge < -0.3 is 10.0 Å². The van der Waals surface area contributed by atoms with Gasteiger partial charge >= 0.3 is 12.1 Å². The molecule has 0 aromatic heterocycles. The van der Waals surface area contributed by atoms with Gasteiger partial charge in [-0.1, -0.05) is 0 Å². The van der Waals surface area contributed by atoms with E-state index in [0.717, 1.165) is 12.1 Å². The Morgan fingerprint density at radius 3 is 2.33 bits per heavy atom. The van der Waals surface area contributed by atoms with Crippen molar-refractivity contribution in [3.8, 4) is 0 Å². The minimum atomic E-state index is -4.25. The summed E-state index contributed by atoms with van der Waals surface area (Å²) < 4.78 is 50.0. The third kappa shape index (κ3) is 4.07. The van der Waals surface area contributed by atoms with E-state index >= 15 is 0 Å². The molecule has 1 aromatic rings. The maximum absolute atomic E-state index is 13.1. The summed E-state index contributed by atoms with van der Waals surface area (Å²) in [5.74, 6) is -1.92. The summed E-state index contributed by atoms with van der Waals surface area (Å²) in [5, 5.41) is 9.07. The van der Waals surface area contributed by atoms with Gasteiger partial charge in [-0.15, -0.1) is 0 Å². The molecule has 1 aliphatic heterocycles. The number of nitrogens with zero attached hydrogens (tertiary/aromatic N) is 2. The van der Waals surface area contributed by atoms with Gasteiger partial charge in [0, 0.05) is 26.2 Å². The SMILES string of the molecule is O=C(O)c1cc(F)ccc1N1CCN(CC(F)(F)F)CC1. The van der Waals surface area contributed by atoms with E-state index in [9.17, 15) is 22.4 Å². The first-order valence-electron chi connectivity index (χ1n) is 6.33. The van der Waals surface area contributed by atoms with Crippen LogP contribution in [-0.4, -0.2) is 54.9 Å². The van der Waals surface area contributed by atoms with Crippen LogP contribution in [0.1, 0.15) is 10.4 Å². The number of carboxylic acids is 1. The second kappa shape index (κ2) is 5.88. The Labute approximate surface area is 118 Å². The predicted octanol–water partition coefficient (Wildman–Crippen LogP) is 2.21. The van der Waals surface area contributed by atoms with Crippen LogP contribution >= 0.6 is 0 Å². The van der Waals surface area contributed by atoms with E-state index in [1.165, 1.54) is 11.0 Å². The summed E-state index contributed by atoms with van der Waals surface area (Å²) in [4.78, 5) is 14.0. The molecule has 4 nitrogen and oxygen atoms in total. The predicted molar refractivity (Wildman–Crippen MR) is 68.1 cm³/mol. The topological polar surface area (TPSA) is 43.8 Å². The molecule has 1 saturated heterocycles. The van der Waals surface area contributed by atoms with E-state index in [-0.39, 0.29) is 31.7 Å². The second-order valence-corrected chi connectivity index (χ2v) is 4.84. The molecule has 21 heavy (non-hydrogen) atoms. The van der Waals surface area contributed by atoms with E-state index in [0.29, 0.717) is 5.69 Å². The largest absolute Gasteiger partial charge is 0.478 e. The van der Waals surface area contributed by atoms with Gasteiger partial charge in [0.05, 0.1) is 17.8 Å². The monoisotopic (exact) mass is 306 g/mol. The molecule has 0 spiro atoms. The highest BCUT2D eigenvalue weighted by atomic mass is 19.4. The molecule has 0 radical (unpaired) electrons. The van der Waals surface area contributed by atoms with Crippen molar-refractivity contribution >= 4 is 11.7 Å². The molecule has 0 aliphatic carbocycles. The second-order valence-electron chi connectivity index (χ2n) is 4.84. The lowest BCUT2D eigenvalue weighted by molar-refractivity contribution is -0.146. The maximum Gasteiger partial charge on any atom is 0.401 e. The van der Waals surface area contributed by atoms with Crippen molar-refractivity contribution in [1.82, 2.24) is 4.90 Å². The van der Waals surface area contributed by atoms with Crippen LogP contribution in [0.4, 0.5) is 23.2 Å². The van der Waals surface area contributed by atoms with Crippen LogP contribution in [0.3, 0.4) is 0 Å². The lowest BCUT2D eigenvalue weighted by Crippen LogP contribution is -2.49. The molecule has 1 heterocycles. The molecule has 1 N–H and O–H groups in total. The van der Waals surface area contributed by atoms with Gasteiger partial charge in [0.25, 0.3) is 0 Å². The molecular weight excluding hydrogens is 292 g/mol. The average molecular weight is 306 g/mol. The van der Waals surface area contributed by atoms with Crippen molar-refractivity contribution in [1.29, 1.82) is 0 Å². The Morgan fingerprint density at radius 2 is 1.81 bits per heavy atom. The number of carboxylic acid groups (broad SMARTS) is 1. The van der Waals surface area contributed by atoms with Crippen LogP contribution in [0, 0.1) is 5.82 Å². The number of carbonyl (C=O) groups is 1. The molecule has 0 saturated carbocycles. The molecule has 0 atom stereocenters. The van der Waals surface area contributed by atoms with Gasteiger partial charge in [-0.25, -0.2) is 9.18 Å².